The Morgan fingerprint density at radius 2 is 0.293 bits per heavy atom. The number of hydrogen-bond acceptors (Lipinski definition) is 13. The Morgan fingerprint density at radius 3 is 0.444 bits per heavy atom. The van der Waals surface area contributed by atoms with Crippen LogP contribution in [0.2, 0.25) is 0 Å². The van der Waals surface area contributed by atoms with Gasteiger partial charge in [-0.15, -0.1) is 0 Å². The van der Waals surface area contributed by atoms with Gasteiger partial charge in [0.2, 0.25) is 0 Å². The van der Waals surface area contributed by atoms with Crippen LogP contribution in [-0.2, 0) is 0 Å². The number of aromatic carboxylic acids is 1. The summed E-state index contributed by atoms with van der Waals surface area (Å²) in [5.41, 5.74) is 12.6. The summed E-state index contributed by atoms with van der Waals surface area (Å²) in [6.45, 7) is 0. The van der Waals surface area contributed by atoms with Gasteiger partial charge in [-0.25, -0.2) is 33.6 Å². The molecule has 14 nitrogen and oxygen atoms in total. The van der Waals surface area contributed by atoms with E-state index in [0.717, 1.165) is 66.8 Å². The number of carboxylic acid groups (broad SMARTS) is 1. The molecule has 13 aromatic rings. The van der Waals surface area contributed by atoms with E-state index in [2.05, 4.69) is 0 Å². The molecule has 0 saturated carbocycles. The average Bonchev–Trinajstić information content (AvgIpc) is 1.33. The fourth-order valence-electron chi connectivity index (χ4n) is 10.7. The van der Waals surface area contributed by atoms with Gasteiger partial charge in [-0.2, -0.15) is 0 Å². The van der Waals surface area contributed by atoms with E-state index in [1.54, 1.807) is 206 Å². The van der Waals surface area contributed by atoms with Crippen molar-refractivity contribution in [2.24, 2.45) is 0 Å². The highest BCUT2D eigenvalue weighted by atomic mass is 16.6. The van der Waals surface area contributed by atoms with Gasteiger partial charge in [-0.05, 0) is 224 Å². The summed E-state index contributed by atoms with van der Waals surface area (Å²) in [5.74, 6) is -1.86. The fourth-order valence-corrected chi connectivity index (χ4v) is 10.7. The molecule has 0 aliphatic heterocycles. The Kier molecular flexibility index (Phi) is 18.8. The van der Waals surface area contributed by atoms with Crippen LogP contribution in [0, 0.1) is 0 Å². The first kappa shape index (κ1) is 63.9. The molecule has 13 aromatic carbocycles. The summed E-state index contributed by atoms with van der Waals surface area (Å²) in [6.07, 6.45) is 0. The van der Waals surface area contributed by atoms with Gasteiger partial charge < -0.3 is 33.5 Å². The van der Waals surface area contributed by atoms with Crippen LogP contribution >= 0.6 is 0 Å². The maximum absolute atomic E-state index is 13.2. The first-order valence-corrected chi connectivity index (χ1v) is 31.1. The zero-order valence-electron chi connectivity index (χ0n) is 52.4. The zero-order chi connectivity index (χ0) is 68.2. The standard InChI is InChI=1S/C85H54O14/c86-79(87)66-18-6-54(7-19-66)60-30-44-74(45-31-60)95-81(89)68-22-10-56(11-23-68)62-34-48-76(49-35-62)97-83(91)70-26-14-58(15-27-70)64-38-52-78(53-39-64)99-85(93)72-28-16-59(17-29-72)65-40-50-77(51-41-65)98-84(92)71-24-12-57(13-25-71)63-36-46-75(47-37-63)96-82(90)69-20-8-55(9-21-69)61-32-42-73(43-33-61)94-80(88)67-4-2-1-3-5-67/h1-53H,(H,86,87). The Bertz CT molecular complexity index is 5080. The molecule has 478 valence electrons. The lowest BCUT2D eigenvalue weighted by atomic mass is 10.0. The SMILES string of the molecule is O=C(O)c1ccc(-c2ccc(OC(=O)c3ccc(-c4ccc(OC(=O)c5ccc(-c6ccc(OC(=O)c7ccc(-c8ccc(OC(=O)c9ccc(-c%10ccc(OC(=O)c%11ccc(-c%12ccc(OC(=O)c%13ccccc%13)cc%12)cc%11)cc%10)cc9)cc8)cc7)cc6)cc5)cc4)cc3)cc2)cc1. The molecule has 1 N–H and O–H groups in total. The van der Waals surface area contributed by atoms with Crippen LogP contribution in [0.3, 0.4) is 0 Å². The highest BCUT2D eigenvalue weighted by molar-refractivity contribution is 5.96. The summed E-state index contributed by atoms with van der Waals surface area (Å²) in [7, 11) is 0. The number of esters is 6. The first-order chi connectivity index (χ1) is 48.3. The molecule has 13 rings (SSSR count). The maximum atomic E-state index is 13.2. The van der Waals surface area contributed by atoms with Crippen molar-refractivity contribution in [2.45, 2.75) is 0 Å². The monoisotopic (exact) mass is 1300 g/mol. The van der Waals surface area contributed by atoms with Crippen molar-refractivity contribution in [1.82, 2.24) is 0 Å². The number of rotatable bonds is 19. The Labute approximate surface area is 567 Å². The first-order valence-electron chi connectivity index (χ1n) is 31.1. The van der Waals surface area contributed by atoms with Crippen LogP contribution in [0.15, 0.2) is 322 Å². The van der Waals surface area contributed by atoms with Gasteiger partial charge in [0.1, 0.15) is 34.5 Å². The van der Waals surface area contributed by atoms with E-state index < -0.39 is 41.8 Å². The van der Waals surface area contributed by atoms with Gasteiger partial charge in [0, 0.05) is 0 Å². The highest BCUT2D eigenvalue weighted by Crippen LogP contribution is 2.32. The normalized spacial score (nSPS) is 10.7. The predicted octanol–water partition coefficient (Wildman–Crippen LogP) is 18.7. The lowest BCUT2D eigenvalue weighted by Gasteiger charge is -2.09. The molecular formula is C85H54O14. The quantitative estimate of drug-likeness (QED) is 0.0593. The molecule has 0 spiro atoms. The molecule has 0 aliphatic carbocycles. The van der Waals surface area contributed by atoms with Crippen molar-refractivity contribution in [3.05, 3.63) is 360 Å². The second kappa shape index (κ2) is 29.2. The van der Waals surface area contributed by atoms with E-state index in [4.69, 9.17) is 33.5 Å². The van der Waals surface area contributed by atoms with Crippen molar-refractivity contribution in [3.8, 4) is 101 Å². The van der Waals surface area contributed by atoms with Crippen LogP contribution in [0.25, 0.3) is 66.8 Å². The summed E-state index contributed by atoms with van der Waals surface area (Å²) < 4.78 is 33.8. The molecule has 0 amide bonds. The predicted molar refractivity (Wildman–Crippen MR) is 374 cm³/mol. The fraction of sp³-hybridized carbons (Fsp3) is 0. The Hall–Kier alpha value is -13.9. The number of carboxylic acids is 1. The van der Waals surface area contributed by atoms with Gasteiger partial charge in [0.25, 0.3) is 0 Å². The second-order valence-corrected chi connectivity index (χ2v) is 22.6. The zero-order valence-corrected chi connectivity index (χ0v) is 52.4. The Morgan fingerprint density at radius 1 is 0.162 bits per heavy atom. The largest absolute Gasteiger partial charge is 0.478 e. The molecular weight excluding hydrogens is 1240 g/mol. The topological polar surface area (TPSA) is 195 Å². The van der Waals surface area contributed by atoms with E-state index in [1.165, 1.54) is 12.1 Å². The summed E-state index contributed by atoms with van der Waals surface area (Å²) in [5, 5.41) is 9.17. The van der Waals surface area contributed by atoms with Crippen molar-refractivity contribution in [3.63, 3.8) is 0 Å². The lowest BCUT2D eigenvalue weighted by molar-refractivity contribution is 0.0690. The Balaban J connectivity index is 0.529. The van der Waals surface area contributed by atoms with Gasteiger partial charge in [-0.1, -0.05) is 164 Å². The molecule has 0 heterocycles. The van der Waals surface area contributed by atoms with Crippen LogP contribution in [0.1, 0.15) is 72.5 Å². The smallest absolute Gasteiger partial charge is 0.343 e. The lowest BCUT2D eigenvalue weighted by Crippen LogP contribution is -2.08. The molecule has 0 atom stereocenters. The number of carbonyl (C=O) groups excluding carboxylic acids is 6. The van der Waals surface area contributed by atoms with E-state index in [-0.39, 0.29) is 5.56 Å². The minimum Gasteiger partial charge on any atom is -0.478 e. The number of hydrogen-bond donors (Lipinski definition) is 1. The third-order valence-electron chi connectivity index (χ3n) is 16.1. The van der Waals surface area contributed by atoms with Crippen molar-refractivity contribution in [1.29, 1.82) is 0 Å². The van der Waals surface area contributed by atoms with E-state index >= 15 is 0 Å². The number of benzene rings is 13. The average molecular weight is 1300 g/mol. The molecule has 14 heteroatoms. The minimum atomic E-state index is -0.997. The third kappa shape index (κ3) is 15.7. The van der Waals surface area contributed by atoms with E-state index in [1.807, 2.05) is 103 Å². The van der Waals surface area contributed by atoms with Crippen molar-refractivity contribution in [2.75, 3.05) is 0 Å². The van der Waals surface area contributed by atoms with E-state index in [0.29, 0.717) is 67.9 Å². The molecule has 0 radical (unpaired) electrons. The van der Waals surface area contributed by atoms with Crippen LogP contribution < -0.4 is 28.4 Å². The molecule has 0 fully saturated rings. The van der Waals surface area contributed by atoms with Crippen LogP contribution in [0.5, 0.6) is 34.5 Å². The van der Waals surface area contributed by atoms with Gasteiger partial charge >= 0.3 is 41.8 Å². The number of carbonyl (C=O) groups is 7. The molecule has 0 aliphatic rings. The third-order valence-corrected chi connectivity index (χ3v) is 16.1. The van der Waals surface area contributed by atoms with Gasteiger partial charge in [0.15, 0.2) is 0 Å². The summed E-state index contributed by atoms with van der Waals surface area (Å²) >= 11 is 0. The van der Waals surface area contributed by atoms with Crippen LogP contribution in [-0.4, -0.2) is 46.9 Å². The molecule has 0 unspecified atom stereocenters. The van der Waals surface area contributed by atoms with Gasteiger partial charge in [0.05, 0.1) is 38.9 Å². The minimum absolute atomic E-state index is 0.196. The summed E-state index contributed by atoms with van der Waals surface area (Å²) in [4.78, 5) is 89.2. The van der Waals surface area contributed by atoms with Crippen molar-refractivity contribution >= 4 is 41.8 Å². The molecule has 0 bridgehead atoms. The van der Waals surface area contributed by atoms with Crippen LogP contribution in [0.4, 0.5) is 0 Å². The molecule has 0 aromatic heterocycles. The van der Waals surface area contributed by atoms with Crippen molar-refractivity contribution < 1.29 is 67.1 Å². The van der Waals surface area contributed by atoms with Gasteiger partial charge in [-0.3, -0.25) is 0 Å². The maximum Gasteiger partial charge on any atom is 0.343 e. The second-order valence-electron chi connectivity index (χ2n) is 22.6. The summed E-state index contributed by atoms with van der Waals surface area (Å²) in [6, 6.07) is 92.4. The molecule has 0 saturated heterocycles. The number of ether oxygens (including phenoxy) is 6. The highest BCUT2D eigenvalue weighted by Gasteiger charge is 2.17. The molecule has 99 heavy (non-hydrogen) atoms. The van der Waals surface area contributed by atoms with E-state index in [9.17, 15) is 33.6 Å².